The quantitative estimate of drug-likeness (QED) is 0.862. The van der Waals surface area contributed by atoms with Crippen LogP contribution in [0.3, 0.4) is 0 Å². The number of fused-ring (bicyclic) bond motifs is 1. The van der Waals surface area contributed by atoms with Gasteiger partial charge in [-0.15, -0.1) is 0 Å². The molecule has 6 heteroatoms. The summed E-state index contributed by atoms with van der Waals surface area (Å²) < 4.78 is 13.2. The molecule has 1 aromatic carbocycles. The molecule has 1 N–H and O–H groups in total. The van der Waals surface area contributed by atoms with E-state index in [2.05, 4.69) is 0 Å². The van der Waals surface area contributed by atoms with Gasteiger partial charge in [-0.1, -0.05) is 12.1 Å². The molecule has 0 spiro atoms. The van der Waals surface area contributed by atoms with Gasteiger partial charge in [-0.05, 0) is 37.0 Å². The Morgan fingerprint density at radius 1 is 1.33 bits per heavy atom. The van der Waals surface area contributed by atoms with Crippen molar-refractivity contribution in [3.05, 3.63) is 35.6 Å². The van der Waals surface area contributed by atoms with Gasteiger partial charge < -0.3 is 10.0 Å². The summed E-state index contributed by atoms with van der Waals surface area (Å²) in [6.07, 6.45) is 1.43. The third kappa shape index (κ3) is 2.51. The smallest absolute Gasteiger partial charge is 0.327 e. The molecule has 5 nitrogen and oxygen atoms in total. The first-order valence-corrected chi connectivity index (χ1v) is 7.13. The van der Waals surface area contributed by atoms with Gasteiger partial charge >= 0.3 is 6.03 Å². The monoisotopic (exact) mass is 292 g/mol. The van der Waals surface area contributed by atoms with Crippen LogP contribution in [0.15, 0.2) is 24.3 Å². The van der Waals surface area contributed by atoms with Crippen molar-refractivity contribution in [2.24, 2.45) is 0 Å². The number of hydrogen-bond donors (Lipinski definition) is 1. The second-order valence-corrected chi connectivity index (χ2v) is 5.51. The number of amides is 3. The van der Waals surface area contributed by atoms with E-state index >= 15 is 0 Å². The van der Waals surface area contributed by atoms with Gasteiger partial charge in [0, 0.05) is 6.54 Å². The summed E-state index contributed by atoms with van der Waals surface area (Å²) in [6, 6.07) is 4.83. The molecule has 3 rings (SSSR count). The summed E-state index contributed by atoms with van der Waals surface area (Å²) >= 11 is 0. The Bertz CT molecular complexity index is 554. The number of piperidine rings is 1. The predicted octanol–water partition coefficient (Wildman–Crippen LogP) is 1.68. The molecule has 3 amide bonds. The third-order valence-corrected chi connectivity index (χ3v) is 4.12. The minimum atomic E-state index is -1.07. The second-order valence-electron chi connectivity index (χ2n) is 5.51. The Morgan fingerprint density at radius 3 is 2.86 bits per heavy atom. The van der Waals surface area contributed by atoms with Crippen molar-refractivity contribution < 1.29 is 19.1 Å². The Labute approximate surface area is 122 Å². The number of rotatable bonds is 3. The molecule has 2 heterocycles. The van der Waals surface area contributed by atoms with E-state index in [1.165, 1.54) is 18.2 Å². The van der Waals surface area contributed by atoms with Gasteiger partial charge in [-0.2, -0.15) is 0 Å². The fourth-order valence-electron chi connectivity index (χ4n) is 3.01. The van der Waals surface area contributed by atoms with Crippen LogP contribution in [0.25, 0.3) is 0 Å². The summed E-state index contributed by atoms with van der Waals surface area (Å²) in [4.78, 5) is 27.2. The molecule has 0 radical (unpaired) electrons. The van der Waals surface area contributed by atoms with Gasteiger partial charge in [0.2, 0.25) is 0 Å². The van der Waals surface area contributed by atoms with Gasteiger partial charge in [0.05, 0.1) is 12.6 Å². The van der Waals surface area contributed by atoms with Gasteiger partial charge in [0.25, 0.3) is 5.91 Å². The number of nitrogens with zero attached hydrogens (tertiary/aromatic N) is 2. The molecular weight excluding hydrogens is 275 g/mol. The van der Waals surface area contributed by atoms with Crippen LogP contribution in [-0.2, 0) is 4.79 Å². The number of β-amino-alcohol motifs (C(OH)–C–C–N with tert-alkyl or cyclic N) is 1. The number of hydrogen-bond acceptors (Lipinski definition) is 3. The normalized spacial score (nSPS) is 23.4. The highest BCUT2D eigenvalue weighted by Crippen LogP contribution is 2.28. The summed E-state index contributed by atoms with van der Waals surface area (Å²) in [5.74, 6) is -0.710. The minimum Gasteiger partial charge on any atom is -0.387 e. The molecular formula is C15H17FN2O3. The van der Waals surface area contributed by atoms with Crippen LogP contribution in [0.2, 0.25) is 0 Å². The first-order valence-electron chi connectivity index (χ1n) is 7.13. The van der Waals surface area contributed by atoms with Crippen molar-refractivity contribution in [3.8, 4) is 0 Å². The molecule has 2 aliphatic heterocycles. The van der Waals surface area contributed by atoms with Crippen molar-refractivity contribution in [1.82, 2.24) is 9.80 Å². The third-order valence-electron chi connectivity index (χ3n) is 4.12. The lowest BCUT2D eigenvalue weighted by atomic mass is 10.0. The van der Waals surface area contributed by atoms with E-state index < -0.39 is 11.9 Å². The molecule has 2 saturated heterocycles. The summed E-state index contributed by atoms with van der Waals surface area (Å²) in [5, 5.41) is 10.1. The minimum absolute atomic E-state index is 0.131. The Kier molecular flexibility index (Phi) is 3.63. The highest BCUT2D eigenvalue weighted by atomic mass is 19.1. The van der Waals surface area contributed by atoms with Gasteiger partial charge in [-0.25, -0.2) is 9.18 Å². The van der Waals surface area contributed by atoms with Crippen molar-refractivity contribution in [2.75, 3.05) is 13.1 Å². The van der Waals surface area contributed by atoms with Crippen LogP contribution in [0.5, 0.6) is 0 Å². The van der Waals surface area contributed by atoms with E-state index in [1.54, 1.807) is 11.0 Å². The number of halogens is 1. The second kappa shape index (κ2) is 5.44. The maximum absolute atomic E-state index is 13.2. The van der Waals surface area contributed by atoms with Crippen molar-refractivity contribution in [3.63, 3.8) is 0 Å². The van der Waals surface area contributed by atoms with Crippen LogP contribution in [-0.4, -0.2) is 46.0 Å². The predicted molar refractivity (Wildman–Crippen MR) is 72.8 cm³/mol. The van der Waals surface area contributed by atoms with E-state index in [4.69, 9.17) is 0 Å². The lowest BCUT2D eigenvalue weighted by Crippen LogP contribution is -2.39. The molecule has 2 atom stereocenters. The summed E-state index contributed by atoms with van der Waals surface area (Å²) in [6.45, 7) is 0.454. The number of urea groups is 1. The van der Waals surface area contributed by atoms with Crippen LogP contribution < -0.4 is 0 Å². The molecule has 0 aromatic heterocycles. The zero-order valence-electron chi connectivity index (χ0n) is 11.5. The lowest BCUT2D eigenvalue weighted by molar-refractivity contribution is -0.129. The first kappa shape index (κ1) is 14.0. The molecule has 2 fully saturated rings. The average molecular weight is 292 g/mol. The lowest BCUT2D eigenvalue weighted by Gasteiger charge is -2.26. The van der Waals surface area contributed by atoms with E-state index in [0.717, 1.165) is 17.7 Å². The largest absolute Gasteiger partial charge is 0.387 e. The Hall–Kier alpha value is -1.95. The molecule has 0 aliphatic carbocycles. The zero-order valence-corrected chi connectivity index (χ0v) is 11.5. The van der Waals surface area contributed by atoms with E-state index in [9.17, 15) is 19.1 Å². The summed E-state index contributed by atoms with van der Waals surface area (Å²) in [7, 11) is 0. The molecule has 2 aliphatic rings. The number of aliphatic hydroxyl groups is 1. The van der Waals surface area contributed by atoms with Gasteiger partial charge in [-0.3, -0.25) is 9.69 Å². The SMILES string of the molecule is O=C1C2CCCCN2C(=O)N1CC(O)c1cccc(F)c1. The standard InChI is InChI=1S/C15H17FN2O3/c16-11-5-3-4-10(8-11)13(19)9-18-14(20)12-6-1-2-7-17(12)15(18)21/h3-5,8,12-13,19H,1-2,6-7,9H2. The van der Waals surface area contributed by atoms with Crippen molar-refractivity contribution >= 4 is 11.9 Å². The van der Waals surface area contributed by atoms with Crippen molar-refractivity contribution in [2.45, 2.75) is 31.4 Å². The molecule has 0 bridgehead atoms. The highest BCUT2D eigenvalue weighted by Gasteiger charge is 2.46. The van der Waals surface area contributed by atoms with Crippen LogP contribution >= 0.6 is 0 Å². The molecule has 0 saturated carbocycles. The van der Waals surface area contributed by atoms with E-state index in [0.29, 0.717) is 18.5 Å². The van der Waals surface area contributed by atoms with Crippen LogP contribution in [0, 0.1) is 5.82 Å². The molecule has 1 aromatic rings. The van der Waals surface area contributed by atoms with E-state index in [-0.39, 0.29) is 24.5 Å². The fraction of sp³-hybridized carbons (Fsp3) is 0.467. The zero-order chi connectivity index (χ0) is 15.0. The van der Waals surface area contributed by atoms with Crippen LogP contribution in [0.4, 0.5) is 9.18 Å². The van der Waals surface area contributed by atoms with Gasteiger partial charge in [0.15, 0.2) is 0 Å². The first-order chi connectivity index (χ1) is 10.1. The Balaban J connectivity index is 1.75. The van der Waals surface area contributed by atoms with Crippen molar-refractivity contribution in [1.29, 1.82) is 0 Å². The van der Waals surface area contributed by atoms with Gasteiger partial charge in [0.1, 0.15) is 11.9 Å². The maximum Gasteiger partial charge on any atom is 0.327 e. The number of benzene rings is 1. The maximum atomic E-state index is 13.2. The number of imide groups is 1. The molecule has 21 heavy (non-hydrogen) atoms. The average Bonchev–Trinajstić information content (AvgIpc) is 2.73. The number of carbonyl (C=O) groups is 2. The molecule has 2 unspecified atom stereocenters. The topological polar surface area (TPSA) is 60.9 Å². The molecule has 112 valence electrons. The number of carbonyl (C=O) groups excluding carboxylic acids is 2. The van der Waals surface area contributed by atoms with E-state index in [1.807, 2.05) is 0 Å². The Morgan fingerprint density at radius 2 is 2.14 bits per heavy atom. The fourth-order valence-corrected chi connectivity index (χ4v) is 3.01. The summed E-state index contributed by atoms with van der Waals surface area (Å²) in [5.41, 5.74) is 0.362. The highest BCUT2D eigenvalue weighted by molar-refractivity contribution is 6.04. The number of aliphatic hydroxyl groups excluding tert-OH is 1. The van der Waals surface area contributed by atoms with Crippen LogP contribution in [0.1, 0.15) is 30.9 Å².